The number of anilines is 1. The number of aryl methyl sites for hydroxylation is 1. The lowest BCUT2D eigenvalue weighted by molar-refractivity contribution is 0.415. The number of hydrogen-bond donors (Lipinski definition) is 0. The number of pyridine rings is 1. The highest BCUT2D eigenvalue weighted by Gasteiger charge is 2.23. The van der Waals surface area contributed by atoms with Crippen LogP contribution in [0.2, 0.25) is 0 Å². The van der Waals surface area contributed by atoms with E-state index in [1.165, 1.54) is 59.2 Å². The summed E-state index contributed by atoms with van der Waals surface area (Å²) in [5.74, 6) is 0.900. The lowest BCUT2D eigenvalue weighted by atomic mass is 9.96. The van der Waals surface area contributed by atoms with E-state index < -0.39 is 0 Å². The van der Waals surface area contributed by atoms with E-state index in [4.69, 9.17) is 14.7 Å². The first-order valence-electron chi connectivity index (χ1n) is 10.0. The highest BCUT2D eigenvalue weighted by molar-refractivity contribution is 7.22. The second-order valence-electron chi connectivity index (χ2n) is 7.54. The Hall–Kier alpha value is -2.14. The molecule has 0 N–H and O–H groups in total. The van der Waals surface area contributed by atoms with Crippen molar-refractivity contribution in [1.29, 1.82) is 0 Å². The smallest absolute Gasteiger partial charge is 0.188 e. The van der Waals surface area contributed by atoms with Crippen molar-refractivity contribution in [1.82, 2.24) is 9.97 Å². The van der Waals surface area contributed by atoms with Crippen LogP contribution in [-0.2, 0) is 12.8 Å². The molecule has 3 heterocycles. The van der Waals surface area contributed by atoms with E-state index in [0.717, 1.165) is 42.5 Å². The predicted molar refractivity (Wildman–Crippen MR) is 112 cm³/mol. The minimum absolute atomic E-state index is 0.900. The van der Waals surface area contributed by atoms with Crippen molar-refractivity contribution >= 4 is 26.8 Å². The molecule has 1 saturated heterocycles. The van der Waals surface area contributed by atoms with Gasteiger partial charge in [-0.1, -0.05) is 29.9 Å². The Morgan fingerprint density at radius 2 is 1.70 bits per heavy atom. The van der Waals surface area contributed by atoms with Gasteiger partial charge in [-0.25, -0.2) is 4.98 Å². The summed E-state index contributed by atoms with van der Waals surface area (Å²) in [5, 5.41) is 1.14. The summed E-state index contributed by atoms with van der Waals surface area (Å²) in [7, 11) is 1.72. The Bertz CT molecular complexity index is 958. The Morgan fingerprint density at radius 3 is 2.48 bits per heavy atom. The molecule has 1 fully saturated rings. The summed E-state index contributed by atoms with van der Waals surface area (Å²) in [6, 6.07) is 8.50. The van der Waals surface area contributed by atoms with Crippen molar-refractivity contribution in [2.45, 2.75) is 44.9 Å². The van der Waals surface area contributed by atoms with Crippen LogP contribution in [-0.4, -0.2) is 30.2 Å². The number of fused-ring (bicyclic) bond motifs is 2. The highest BCUT2D eigenvalue weighted by atomic mass is 32.1. The zero-order valence-corrected chi connectivity index (χ0v) is 16.6. The number of ether oxygens (including phenoxy) is 1. The normalized spacial score (nSPS) is 17.1. The van der Waals surface area contributed by atoms with E-state index in [2.05, 4.69) is 29.2 Å². The molecule has 5 rings (SSSR count). The Morgan fingerprint density at radius 1 is 0.926 bits per heavy atom. The molecule has 3 aromatic rings. The first kappa shape index (κ1) is 17.0. The van der Waals surface area contributed by atoms with Crippen LogP contribution in [0.15, 0.2) is 24.3 Å². The molecule has 1 aromatic carbocycles. The maximum atomic E-state index is 5.37. The van der Waals surface area contributed by atoms with Gasteiger partial charge in [0.1, 0.15) is 5.75 Å². The van der Waals surface area contributed by atoms with Crippen LogP contribution < -0.4 is 9.64 Å². The molecule has 0 unspecified atom stereocenters. The van der Waals surface area contributed by atoms with E-state index >= 15 is 0 Å². The molecule has 2 aliphatic rings. The molecule has 0 amide bonds. The molecular weight excluding hydrogens is 354 g/mol. The molecule has 0 bridgehead atoms. The lowest BCUT2D eigenvalue weighted by Crippen LogP contribution is -2.16. The van der Waals surface area contributed by atoms with Gasteiger partial charge in [-0.05, 0) is 61.8 Å². The summed E-state index contributed by atoms with van der Waals surface area (Å²) in [6.45, 7) is 2.24. The fourth-order valence-electron chi connectivity index (χ4n) is 4.37. The van der Waals surface area contributed by atoms with E-state index in [1.807, 2.05) is 11.3 Å². The van der Waals surface area contributed by atoms with Gasteiger partial charge in [0.25, 0.3) is 0 Å². The molecule has 140 valence electrons. The summed E-state index contributed by atoms with van der Waals surface area (Å²) >= 11 is 1.83. The van der Waals surface area contributed by atoms with Crippen molar-refractivity contribution in [3.63, 3.8) is 0 Å². The lowest BCUT2D eigenvalue weighted by Gasteiger charge is -2.13. The van der Waals surface area contributed by atoms with Gasteiger partial charge in [-0.2, -0.15) is 4.98 Å². The number of thiazole rings is 1. The maximum absolute atomic E-state index is 5.37. The van der Waals surface area contributed by atoms with Crippen LogP contribution in [0.25, 0.3) is 21.5 Å². The van der Waals surface area contributed by atoms with Crippen LogP contribution in [0.4, 0.5) is 5.13 Å². The van der Waals surface area contributed by atoms with Gasteiger partial charge in [0.15, 0.2) is 10.8 Å². The molecule has 0 atom stereocenters. The average Bonchev–Trinajstić information content (AvgIpc) is 3.32. The molecule has 1 aliphatic heterocycles. The SMILES string of the molecule is COc1ccc(-c2c3c(nc4nc(N5CCCC5)sc24)CCCCC3)cc1. The fourth-order valence-corrected chi connectivity index (χ4v) is 5.52. The Balaban J connectivity index is 1.72. The summed E-state index contributed by atoms with van der Waals surface area (Å²) in [6.07, 6.45) is 8.51. The first-order chi connectivity index (χ1) is 13.3. The third kappa shape index (κ3) is 3.08. The third-order valence-corrected chi connectivity index (χ3v) is 6.93. The van der Waals surface area contributed by atoms with Gasteiger partial charge in [-0.15, -0.1) is 0 Å². The van der Waals surface area contributed by atoms with Gasteiger partial charge in [-0.3, -0.25) is 0 Å². The first-order valence-corrected chi connectivity index (χ1v) is 10.9. The number of hydrogen-bond acceptors (Lipinski definition) is 5. The quantitative estimate of drug-likeness (QED) is 0.584. The minimum atomic E-state index is 0.900. The third-order valence-electron chi connectivity index (χ3n) is 5.81. The molecule has 5 heteroatoms. The van der Waals surface area contributed by atoms with Gasteiger partial charge < -0.3 is 9.64 Å². The number of rotatable bonds is 3. The average molecular weight is 380 g/mol. The van der Waals surface area contributed by atoms with E-state index in [-0.39, 0.29) is 0 Å². The predicted octanol–water partition coefficient (Wildman–Crippen LogP) is 5.24. The summed E-state index contributed by atoms with van der Waals surface area (Å²) < 4.78 is 6.62. The largest absolute Gasteiger partial charge is 0.497 e. The molecule has 2 aromatic heterocycles. The van der Waals surface area contributed by atoms with Crippen LogP contribution >= 0.6 is 11.3 Å². The highest BCUT2D eigenvalue weighted by Crippen LogP contribution is 2.41. The Kier molecular flexibility index (Phi) is 4.48. The molecule has 1 aliphatic carbocycles. The monoisotopic (exact) mass is 379 g/mol. The zero-order chi connectivity index (χ0) is 18.2. The van der Waals surface area contributed by atoms with Crippen molar-refractivity contribution in [3.05, 3.63) is 35.5 Å². The van der Waals surface area contributed by atoms with E-state index in [9.17, 15) is 0 Å². The van der Waals surface area contributed by atoms with Crippen LogP contribution in [0.3, 0.4) is 0 Å². The van der Waals surface area contributed by atoms with Crippen LogP contribution in [0.1, 0.15) is 43.4 Å². The molecule has 27 heavy (non-hydrogen) atoms. The van der Waals surface area contributed by atoms with Gasteiger partial charge in [0.05, 0.1) is 11.8 Å². The van der Waals surface area contributed by atoms with Gasteiger partial charge >= 0.3 is 0 Å². The Labute approximate surface area is 164 Å². The number of methoxy groups -OCH3 is 1. The summed E-state index contributed by atoms with van der Waals surface area (Å²) in [5.41, 5.74) is 6.28. The molecule has 0 spiro atoms. The molecule has 0 radical (unpaired) electrons. The number of benzene rings is 1. The van der Waals surface area contributed by atoms with E-state index in [0.29, 0.717) is 0 Å². The zero-order valence-electron chi connectivity index (χ0n) is 15.8. The van der Waals surface area contributed by atoms with Crippen molar-refractivity contribution < 1.29 is 4.74 Å². The van der Waals surface area contributed by atoms with Gasteiger partial charge in [0, 0.05) is 24.3 Å². The van der Waals surface area contributed by atoms with E-state index in [1.54, 1.807) is 7.11 Å². The topological polar surface area (TPSA) is 38.3 Å². The number of aromatic nitrogens is 2. The molecule has 4 nitrogen and oxygen atoms in total. The van der Waals surface area contributed by atoms with Crippen molar-refractivity contribution in [3.8, 4) is 16.9 Å². The minimum Gasteiger partial charge on any atom is -0.497 e. The van der Waals surface area contributed by atoms with Crippen LogP contribution in [0, 0.1) is 0 Å². The maximum Gasteiger partial charge on any atom is 0.188 e. The van der Waals surface area contributed by atoms with Gasteiger partial charge in [0.2, 0.25) is 0 Å². The second-order valence-corrected chi connectivity index (χ2v) is 8.52. The standard InChI is InChI=1S/C22H25N3OS/c1-26-16-11-9-15(10-12-16)19-17-7-3-2-4-8-18(17)23-21-20(19)27-22(24-21)25-13-5-6-14-25/h9-12H,2-8,13-14H2,1H3. The van der Waals surface area contributed by atoms with Crippen LogP contribution in [0.5, 0.6) is 5.75 Å². The summed E-state index contributed by atoms with van der Waals surface area (Å²) in [4.78, 5) is 12.4. The van der Waals surface area contributed by atoms with Crippen molar-refractivity contribution in [2.75, 3.05) is 25.1 Å². The second kappa shape index (κ2) is 7.12. The number of nitrogens with zero attached hydrogens (tertiary/aromatic N) is 3. The fraction of sp³-hybridized carbons (Fsp3) is 0.455. The molecule has 0 saturated carbocycles. The van der Waals surface area contributed by atoms with Crippen molar-refractivity contribution in [2.24, 2.45) is 0 Å². The molecular formula is C22H25N3OS.